The van der Waals surface area contributed by atoms with E-state index in [0.717, 1.165) is 33.9 Å². The highest BCUT2D eigenvalue weighted by atomic mass is 32.1. The van der Waals surface area contributed by atoms with Gasteiger partial charge in [0.05, 0.1) is 38.6 Å². The third-order valence-corrected chi connectivity index (χ3v) is 8.22. The number of hydrogen-bond acceptors (Lipinski definition) is 9. The monoisotopic (exact) mass is 566 g/mol. The smallest absolute Gasteiger partial charge is 0.305 e. The number of thiazole rings is 1. The summed E-state index contributed by atoms with van der Waals surface area (Å²) < 4.78 is 29.7. The van der Waals surface area contributed by atoms with E-state index in [0.29, 0.717) is 36.2 Å². The van der Waals surface area contributed by atoms with Crippen LogP contribution in [-0.2, 0) is 31.9 Å². The number of nitrogens with one attached hydrogen (secondary N) is 1. The fourth-order valence-electron chi connectivity index (χ4n) is 5.02. The second-order valence-corrected chi connectivity index (χ2v) is 11.0. The minimum absolute atomic E-state index is 0.0246. The Morgan fingerprint density at radius 1 is 1.20 bits per heavy atom. The van der Waals surface area contributed by atoms with Gasteiger partial charge in [-0.25, -0.2) is 9.37 Å². The van der Waals surface area contributed by atoms with Crippen molar-refractivity contribution in [2.24, 2.45) is 0 Å². The van der Waals surface area contributed by atoms with Gasteiger partial charge in [-0.3, -0.25) is 9.59 Å². The summed E-state index contributed by atoms with van der Waals surface area (Å²) in [6.07, 6.45) is 4.42. The van der Waals surface area contributed by atoms with E-state index >= 15 is 0 Å². The Balaban J connectivity index is 1.32. The molecule has 0 spiro atoms. The second kappa shape index (κ2) is 12.1. The molecule has 1 N–H and O–H groups in total. The summed E-state index contributed by atoms with van der Waals surface area (Å²) in [6.45, 7) is 2.31. The standard InChI is InChI=1S/C29H31FN4O5S/c1-17-4-6-19(30)14-23(17)33-29-32-22-9-5-18(12-25(22)39-29)13-26(35)34-20(16-37-2)7-10-24(34)28-31-15-21(40-28)8-11-27(36)38-3/h4-6,9,12,14-15,20,24H,7-8,10-11,13,16H2,1-3H3,(H,32,33)/t20-,24-/m0/s1. The molecule has 1 aliphatic rings. The number of esters is 1. The molecule has 0 unspecified atom stereocenters. The lowest BCUT2D eigenvalue weighted by Crippen LogP contribution is -2.40. The van der Waals surface area contributed by atoms with Crippen molar-refractivity contribution in [3.63, 3.8) is 0 Å². The largest absolute Gasteiger partial charge is 0.469 e. The number of nitrogens with zero attached hydrogens (tertiary/aromatic N) is 3. The SMILES string of the molecule is COC[C@@H]1CC[C@@H](c2ncc(CCC(=O)OC)s2)N1C(=O)Cc1ccc2nc(Nc3cc(F)ccc3C)oc2c1. The molecular weight excluding hydrogens is 535 g/mol. The number of hydrogen-bond donors (Lipinski definition) is 1. The minimum atomic E-state index is -0.354. The Morgan fingerprint density at radius 3 is 2.85 bits per heavy atom. The van der Waals surface area contributed by atoms with Gasteiger partial charge in [0.2, 0.25) is 5.91 Å². The van der Waals surface area contributed by atoms with Gasteiger partial charge < -0.3 is 24.1 Å². The molecule has 5 rings (SSSR count). The van der Waals surface area contributed by atoms with Crippen LogP contribution in [0.1, 0.15) is 46.3 Å². The van der Waals surface area contributed by atoms with Gasteiger partial charge >= 0.3 is 5.97 Å². The summed E-state index contributed by atoms with van der Waals surface area (Å²) in [6, 6.07) is 10.0. The van der Waals surface area contributed by atoms with Crippen molar-refractivity contribution < 1.29 is 27.9 Å². The van der Waals surface area contributed by atoms with E-state index in [1.165, 1.54) is 30.6 Å². The lowest BCUT2D eigenvalue weighted by Gasteiger charge is -2.29. The Labute approximate surface area is 235 Å². The third-order valence-electron chi connectivity index (χ3n) is 7.06. The first-order valence-corrected chi connectivity index (χ1v) is 13.9. The van der Waals surface area contributed by atoms with E-state index in [2.05, 4.69) is 15.3 Å². The molecule has 2 aromatic heterocycles. The van der Waals surface area contributed by atoms with Crippen LogP contribution in [0, 0.1) is 12.7 Å². The zero-order chi connectivity index (χ0) is 28.2. The number of oxazole rings is 1. The van der Waals surface area contributed by atoms with Crippen LogP contribution in [-0.4, -0.2) is 53.6 Å². The number of ether oxygens (including phenoxy) is 2. The fourth-order valence-corrected chi connectivity index (χ4v) is 6.07. The van der Waals surface area contributed by atoms with Gasteiger partial charge in [-0.1, -0.05) is 12.1 Å². The summed E-state index contributed by atoms with van der Waals surface area (Å²) in [5.74, 6) is -0.640. The summed E-state index contributed by atoms with van der Waals surface area (Å²) in [5.41, 5.74) is 3.38. The molecule has 2 aromatic carbocycles. The van der Waals surface area contributed by atoms with Gasteiger partial charge in [0.25, 0.3) is 6.01 Å². The minimum Gasteiger partial charge on any atom is -0.469 e. The van der Waals surface area contributed by atoms with Crippen molar-refractivity contribution in [1.82, 2.24) is 14.9 Å². The molecule has 1 aliphatic heterocycles. The highest BCUT2D eigenvalue weighted by molar-refractivity contribution is 7.11. The van der Waals surface area contributed by atoms with Gasteiger partial charge in [-0.05, 0) is 61.6 Å². The number of carbonyl (C=O) groups is 2. The normalized spacial score (nSPS) is 16.9. The molecule has 3 heterocycles. The molecule has 4 aromatic rings. The molecule has 1 fully saturated rings. The van der Waals surface area contributed by atoms with Crippen molar-refractivity contribution in [3.05, 3.63) is 69.4 Å². The summed E-state index contributed by atoms with van der Waals surface area (Å²) >= 11 is 1.53. The molecule has 1 saturated heterocycles. The van der Waals surface area contributed by atoms with Crippen LogP contribution in [0.2, 0.25) is 0 Å². The maximum absolute atomic E-state index is 13.7. The van der Waals surface area contributed by atoms with E-state index in [4.69, 9.17) is 13.9 Å². The van der Waals surface area contributed by atoms with Crippen LogP contribution in [0.25, 0.3) is 11.1 Å². The molecule has 0 radical (unpaired) electrons. The van der Waals surface area contributed by atoms with Crippen LogP contribution in [0.3, 0.4) is 0 Å². The summed E-state index contributed by atoms with van der Waals surface area (Å²) in [5, 5.41) is 3.90. The average molecular weight is 567 g/mol. The third kappa shape index (κ3) is 6.15. The van der Waals surface area contributed by atoms with Crippen LogP contribution >= 0.6 is 11.3 Å². The summed E-state index contributed by atoms with van der Waals surface area (Å²) in [4.78, 5) is 37.2. The van der Waals surface area contributed by atoms with Crippen LogP contribution in [0.15, 0.2) is 47.0 Å². The Morgan fingerprint density at radius 2 is 2.05 bits per heavy atom. The van der Waals surface area contributed by atoms with Crippen molar-refractivity contribution in [2.45, 2.75) is 51.1 Å². The predicted molar refractivity (Wildman–Crippen MR) is 149 cm³/mol. The molecule has 0 aliphatic carbocycles. The van der Waals surface area contributed by atoms with E-state index in [1.807, 2.05) is 30.0 Å². The first kappa shape index (κ1) is 27.7. The zero-order valence-electron chi connectivity index (χ0n) is 22.6. The Bertz CT molecular complexity index is 1520. The van der Waals surface area contributed by atoms with E-state index < -0.39 is 0 Å². The maximum atomic E-state index is 13.7. The Hall–Kier alpha value is -3.83. The fraction of sp³-hybridized carbons (Fsp3) is 0.379. The number of likely N-dealkylation sites (tertiary alicyclic amines) is 1. The second-order valence-electron chi connectivity index (χ2n) is 9.83. The van der Waals surface area contributed by atoms with Crippen molar-refractivity contribution in [3.8, 4) is 0 Å². The van der Waals surface area contributed by atoms with Crippen LogP contribution in [0.4, 0.5) is 16.1 Å². The lowest BCUT2D eigenvalue weighted by atomic mass is 10.1. The number of aromatic nitrogens is 2. The molecule has 2 atom stereocenters. The van der Waals surface area contributed by atoms with E-state index in [-0.39, 0.29) is 42.2 Å². The number of amides is 1. The average Bonchev–Trinajstić information content (AvgIpc) is 3.67. The maximum Gasteiger partial charge on any atom is 0.305 e. The number of halogens is 1. The van der Waals surface area contributed by atoms with Crippen LogP contribution < -0.4 is 5.32 Å². The van der Waals surface area contributed by atoms with E-state index in [1.54, 1.807) is 19.4 Å². The van der Waals surface area contributed by atoms with Crippen molar-refractivity contribution in [1.29, 1.82) is 0 Å². The lowest BCUT2D eigenvalue weighted by molar-refractivity contribution is -0.140. The van der Waals surface area contributed by atoms with Crippen molar-refractivity contribution in [2.75, 3.05) is 26.1 Å². The van der Waals surface area contributed by atoms with E-state index in [9.17, 15) is 14.0 Å². The predicted octanol–water partition coefficient (Wildman–Crippen LogP) is 5.50. The highest BCUT2D eigenvalue weighted by Crippen LogP contribution is 2.39. The zero-order valence-corrected chi connectivity index (χ0v) is 23.4. The number of fused-ring (bicyclic) bond motifs is 1. The molecular formula is C29H31FN4O5S. The quantitative estimate of drug-likeness (QED) is 0.251. The first-order valence-electron chi connectivity index (χ1n) is 13.1. The Kier molecular flexibility index (Phi) is 8.41. The van der Waals surface area contributed by atoms with Gasteiger partial charge in [-0.2, -0.15) is 4.98 Å². The number of anilines is 2. The molecule has 210 valence electrons. The van der Waals surface area contributed by atoms with Crippen molar-refractivity contribution >= 4 is 46.0 Å². The molecule has 11 heteroatoms. The molecule has 40 heavy (non-hydrogen) atoms. The van der Waals surface area contributed by atoms with Gasteiger partial charge in [-0.15, -0.1) is 11.3 Å². The topological polar surface area (TPSA) is 107 Å². The molecule has 0 saturated carbocycles. The van der Waals surface area contributed by atoms with Crippen LogP contribution in [0.5, 0.6) is 0 Å². The van der Waals surface area contributed by atoms with Gasteiger partial charge in [0.15, 0.2) is 5.58 Å². The molecule has 1 amide bonds. The number of aryl methyl sites for hydroxylation is 2. The number of carbonyl (C=O) groups excluding carboxylic acids is 2. The summed E-state index contributed by atoms with van der Waals surface area (Å²) in [7, 11) is 3.02. The highest BCUT2D eigenvalue weighted by Gasteiger charge is 2.39. The molecule has 0 bridgehead atoms. The van der Waals surface area contributed by atoms with Gasteiger partial charge in [0, 0.05) is 23.9 Å². The molecule has 9 nitrogen and oxygen atoms in total. The first-order chi connectivity index (χ1) is 19.3. The number of methoxy groups -OCH3 is 2. The number of rotatable bonds is 10. The van der Waals surface area contributed by atoms with Gasteiger partial charge in [0.1, 0.15) is 16.3 Å². The number of benzene rings is 2.